The van der Waals surface area contributed by atoms with E-state index in [1.54, 1.807) is 0 Å². The standard InChI is InChI=1S/C17H15FN2O3S/c1-3-23-11-5-6-13-15(9-11)24-17(19-13)20-16(21)10-4-7-14(22-2)12(18)8-10/h4-9H,3H2,1-2H3,(H,19,20,21). The van der Waals surface area contributed by atoms with Crippen LogP contribution < -0.4 is 14.8 Å². The SMILES string of the molecule is CCOc1ccc2nc(NC(=O)c3ccc(OC)c(F)c3)sc2c1. The van der Waals surface area contributed by atoms with Gasteiger partial charge in [-0.3, -0.25) is 10.1 Å². The summed E-state index contributed by atoms with van der Waals surface area (Å²) in [5.41, 5.74) is 0.960. The minimum atomic E-state index is -0.587. The minimum absolute atomic E-state index is 0.0926. The van der Waals surface area contributed by atoms with Crippen LogP contribution in [0.4, 0.5) is 9.52 Å². The second-order valence-corrected chi connectivity index (χ2v) is 5.92. The van der Waals surface area contributed by atoms with Crippen molar-refractivity contribution < 1.29 is 18.7 Å². The number of fused-ring (bicyclic) bond motifs is 1. The lowest BCUT2D eigenvalue weighted by Crippen LogP contribution is -2.12. The fraction of sp³-hybridized carbons (Fsp3) is 0.176. The molecule has 0 aliphatic carbocycles. The van der Waals surface area contributed by atoms with Crippen LogP contribution >= 0.6 is 11.3 Å². The topological polar surface area (TPSA) is 60.5 Å². The molecule has 0 atom stereocenters. The third kappa shape index (κ3) is 3.30. The highest BCUT2D eigenvalue weighted by Crippen LogP contribution is 2.29. The summed E-state index contributed by atoms with van der Waals surface area (Å²) in [5, 5.41) is 3.13. The molecule has 0 unspecified atom stereocenters. The molecule has 3 aromatic rings. The molecule has 0 bridgehead atoms. The zero-order valence-electron chi connectivity index (χ0n) is 13.1. The third-order valence-electron chi connectivity index (χ3n) is 3.31. The second-order valence-electron chi connectivity index (χ2n) is 4.89. The van der Waals surface area contributed by atoms with Crippen molar-refractivity contribution in [3.05, 3.63) is 47.8 Å². The van der Waals surface area contributed by atoms with Gasteiger partial charge in [0.05, 0.1) is 23.9 Å². The summed E-state index contributed by atoms with van der Waals surface area (Å²) < 4.78 is 24.9. The Labute approximate surface area is 142 Å². The number of halogens is 1. The van der Waals surface area contributed by atoms with E-state index in [4.69, 9.17) is 9.47 Å². The van der Waals surface area contributed by atoms with Crippen LogP contribution in [0.1, 0.15) is 17.3 Å². The number of carbonyl (C=O) groups excluding carboxylic acids is 1. The molecule has 0 saturated heterocycles. The first-order chi connectivity index (χ1) is 11.6. The van der Waals surface area contributed by atoms with E-state index in [0.717, 1.165) is 22.0 Å². The van der Waals surface area contributed by atoms with Crippen LogP contribution in [0.15, 0.2) is 36.4 Å². The molecule has 1 heterocycles. The number of aromatic nitrogens is 1. The molecule has 3 rings (SSSR count). The van der Waals surface area contributed by atoms with Gasteiger partial charge in [-0.15, -0.1) is 0 Å². The van der Waals surface area contributed by atoms with Crippen molar-refractivity contribution in [2.45, 2.75) is 6.92 Å². The summed E-state index contributed by atoms with van der Waals surface area (Å²) in [6.45, 7) is 2.49. The van der Waals surface area contributed by atoms with E-state index in [9.17, 15) is 9.18 Å². The number of benzene rings is 2. The van der Waals surface area contributed by atoms with Crippen LogP contribution in [-0.2, 0) is 0 Å². The number of anilines is 1. The first-order valence-electron chi connectivity index (χ1n) is 7.29. The molecule has 0 aliphatic rings. The molecule has 0 spiro atoms. The van der Waals surface area contributed by atoms with E-state index < -0.39 is 11.7 Å². The van der Waals surface area contributed by atoms with Crippen LogP contribution in [-0.4, -0.2) is 24.6 Å². The molecule has 5 nitrogen and oxygen atoms in total. The summed E-state index contributed by atoms with van der Waals surface area (Å²) in [4.78, 5) is 16.6. The number of nitrogens with one attached hydrogen (secondary N) is 1. The highest BCUT2D eigenvalue weighted by atomic mass is 32.1. The van der Waals surface area contributed by atoms with E-state index in [2.05, 4.69) is 10.3 Å². The third-order valence-corrected chi connectivity index (χ3v) is 4.24. The maximum Gasteiger partial charge on any atom is 0.257 e. The molecule has 1 aromatic heterocycles. The zero-order valence-corrected chi connectivity index (χ0v) is 13.9. The Balaban J connectivity index is 1.81. The first kappa shape index (κ1) is 16.2. The number of rotatable bonds is 5. The lowest BCUT2D eigenvalue weighted by Gasteiger charge is -2.04. The van der Waals surface area contributed by atoms with Crippen molar-refractivity contribution in [3.63, 3.8) is 0 Å². The molecule has 1 amide bonds. The normalized spacial score (nSPS) is 10.6. The maximum absolute atomic E-state index is 13.7. The van der Waals surface area contributed by atoms with Crippen molar-refractivity contribution >= 4 is 32.6 Å². The number of amides is 1. The average molecular weight is 346 g/mol. The predicted molar refractivity (Wildman–Crippen MR) is 91.7 cm³/mol. The Morgan fingerprint density at radius 2 is 2.12 bits per heavy atom. The lowest BCUT2D eigenvalue weighted by atomic mass is 10.2. The fourth-order valence-corrected chi connectivity index (χ4v) is 3.08. The molecule has 124 valence electrons. The summed E-state index contributed by atoms with van der Waals surface area (Å²) in [5.74, 6) is -0.171. The van der Waals surface area contributed by atoms with Gasteiger partial charge >= 0.3 is 0 Å². The largest absolute Gasteiger partial charge is 0.494 e. The van der Waals surface area contributed by atoms with Crippen LogP contribution in [0.25, 0.3) is 10.2 Å². The van der Waals surface area contributed by atoms with Gasteiger partial charge in [0.15, 0.2) is 16.7 Å². The molecule has 0 fully saturated rings. The van der Waals surface area contributed by atoms with Crippen molar-refractivity contribution in [1.29, 1.82) is 0 Å². The van der Waals surface area contributed by atoms with Gasteiger partial charge in [0.1, 0.15) is 5.75 Å². The van der Waals surface area contributed by atoms with Crippen LogP contribution in [0.5, 0.6) is 11.5 Å². The van der Waals surface area contributed by atoms with Gasteiger partial charge in [0, 0.05) is 5.56 Å². The molecule has 0 radical (unpaired) electrons. The molecule has 24 heavy (non-hydrogen) atoms. The van der Waals surface area contributed by atoms with E-state index in [1.807, 2.05) is 25.1 Å². The molecule has 0 aliphatic heterocycles. The van der Waals surface area contributed by atoms with E-state index in [0.29, 0.717) is 11.7 Å². The Morgan fingerprint density at radius 1 is 1.29 bits per heavy atom. The quantitative estimate of drug-likeness (QED) is 0.756. The minimum Gasteiger partial charge on any atom is -0.494 e. The molecule has 7 heteroatoms. The second kappa shape index (κ2) is 6.84. The number of thiazole rings is 1. The van der Waals surface area contributed by atoms with Crippen LogP contribution in [0.3, 0.4) is 0 Å². The molecular weight excluding hydrogens is 331 g/mol. The summed E-state index contributed by atoms with van der Waals surface area (Å²) in [7, 11) is 1.37. The van der Waals surface area contributed by atoms with Crippen molar-refractivity contribution in [2.75, 3.05) is 19.0 Å². The Bertz CT molecular complexity index is 895. The maximum atomic E-state index is 13.7. The number of methoxy groups -OCH3 is 1. The fourth-order valence-electron chi connectivity index (χ4n) is 2.19. The highest BCUT2D eigenvalue weighted by Gasteiger charge is 2.13. The summed E-state index contributed by atoms with van der Waals surface area (Å²) in [6, 6.07) is 9.58. The van der Waals surface area contributed by atoms with Gasteiger partial charge in [0.25, 0.3) is 5.91 Å². The monoisotopic (exact) mass is 346 g/mol. The smallest absolute Gasteiger partial charge is 0.257 e. The van der Waals surface area contributed by atoms with Crippen LogP contribution in [0.2, 0.25) is 0 Å². The molecule has 1 N–H and O–H groups in total. The van der Waals surface area contributed by atoms with Gasteiger partial charge in [-0.1, -0.05) is 11.3 Å². The lowest BCUT2D eigenvalue weighted by molar-refractivity contribution is 0.102. The van der Waals surface area contributed by atoms with E-state index in [1.165, 1.54) is 30.6 Å². The Kier molecular flexibility index (Phi) is 4.61. The highest BCUT2D eigenvalue weighted by molar-refractivity contribution is 7.22. The van der Waals surface area contributed by atoms with Gasteiger partial charge in [0.2, 0.25) is 0 Å². The predicted octanol–water partition coefficient (Wildman–Crippen LogP) is 4.10. The first-order valence-corrected chi connectivity index (χ1v) is 8.10. The number of nitrogens with zero attached hydrogens (tertiary/aromatic N) is 1. The number of hydrogen-bond donors (Lipinski definition) is 1. The van der Waals surface area contributed by atoms with Gasteiger partial charge in [-0.2, -0.15) is 0 Å². The van der Waals surface area contributed by atoms with E-state index >= 15 is 0 Å². The van der Waals surface area contributed by atoms with Gasteiger partial charge < -0.3 is 9.47 Å². The van der Waals surface area contributed by atoms with Crippen LogP contribution in [0, 0.1) is 5.82 Å². The Hall–Kier alpha value is -2.67. The van der Waals surface area contributed by atoms with Crippen molar-refractivity contribution in [1.82, 2.24) is 4.98 Å². The Morgan fingerprint density at radius 3 is 2.83 bits per heavy atom. The summed E-state index contributed by atoms with van der Waals surface area (Å²) in [6.07, 6.45) is 0. The summed E-state index contributed by atoms with van der Waals surface area (Å²) >= 11 is 1.33. The molecular formula is C17H15FN2O3S. The van der Waals surface area contributed by atoms with E-state index in [-0.39, 0.29) is 11.3 Å². The number of carbonyl (C=O) groups is 1. The zero-order chi connectivity index (χ0) is 17.1. The molecule has 0 saturated carbocycles. The van der Waals surface area contributed by atoms with Crippen molar-refractivity contribution in [2.24, 2.45) is 0 Å². The van der Waals surface area contributed by atoms with Gasteiger partial charge in [-0.25, -0.2) is 9.37 Å². The molecule has 2 aromatic carbocycles. The average Bonchev–Trinajstić information content (AvgIpc) is 2.96. The van der Waals surface area contributed by atoms with Crippen molar-refractivity contribution in [3.8, 4) is 11.5 Å². The van der Waals surface area contributed by atoms with Gasteiger partial charge in [-0.05, 0) is 43.3 Å². The number of ether oxygens (including phenoxy) is 2. The number of hydrogen-bond acceptors (Lipinski definition) is 5.